The normalized spacial score (nSPS) is 13.6. The van der Waals surface area contributed by atoms with E-state index in [2.05, 4.69) is 19.2 Å². The lowest BCUT2D eigenvalue weighted by Crippen LogP contribution is -2.43. The third kappa shape index (κ3) is 41.0. The van der Waals surface area contributed by atoms with Crippen LogP contribution in [0.25, 0.3) is 0 Å². The number of aliphatic carboxylic acids is 1. The fourth-order valence-corrected chi connectivity index (χ4v) is 7.74. The Balaban J connectivity index is 3.76. The van der Waals surface area contributed by atoms with Crippen LogP contribution in [0.5, 0.6) is 0 Å². The maximum Gasteiger partial charge on any atom is 0.472 e. The highest BCUT2D eigenvalue weighted by Gasteiger charge is 2.28. The minimum absolute atomic E-state index is 0.151. The molecule has 0 heterocycles. The lowest BCUT2D eigenvalue weighted by Gasteiger charge is -2.18. The predicted octanol–water partition coefficient (Wildman–Crippen LogP) is 12.3. The topological polar surface area (TPSA) is 169 Å². The van der Waals surface area contributed by atoms with Gasteiger partial charge in [-0.1, -0.05) is 213 Å². The average Bonchev–Trinajstić information content (AvgIpc) is 3.18. The number of rotatable bonds is 45. The van der Waals surface area contributed by atoms with Gasteiger partial charge < -0.3 is 25.2 Å². The zero-order chi connectivity index (χ0) is 42.1. The molecule has 0 fully saturated rings. The second-order valence-corrected chi connectivity index (χ2v) is 17.8. The molecular formula is C45H88NO10P. The third-order valence-corrected chi connectivity index (χ3v) is 11.6. The molecule has 0 aliphatic carbocycles. The summed E-state index contributed by atoms with van der Waals surface area (Å²) in [6.07, 6.45) is 40.0. The highest BCUT2D eigenvalue weighted by Crippen LogP contribution is 2.43. The van der Waals surface area contributed by atoms with Gasteiger partial charge in [-0.3, -0.25) is 18.6 Å². The standard InChI is InChI=1S/C45H88NO10P/c1-3-5-7-9-11-13-15-16-17-18-19-20-21-22-23-24-25-27-29-31-33-35-37-44(49)54-38-41(47)39-55-57(52,53)56-40-42(45(50)51)46-43(48)36-34-32-30-28-26-14-12-10-8-6-4-2/h41-42,47H,3-40H2,1-2H3,(H,46,48)(H,50,51)(H,52,53). The second kappa shape index (κ2) is 41.2. The molecule has 0 spiro atoms. The number of esters is 1. The molecule has 338 valence electrons. The summed E-state index contributed by atoms with van der Waals surface area (Å²) in [6.45, 7) is 2.61. The summed E-state index contributed by atoms with van der Waals surface area (Å²) in [5.74, 6) is -2.35. The quantitative estimate of drug-likeness (QED) is 0.0263. The molecule has 0 rings (SSSR count). The molecule has 0 bridgehead atoms. The minimum atomic E-state index is -4.75. The minimum Gasteiger partial charge on any atom is -0.480 e. The second-order valence-electron chi connectivity index (χ2n) is 16.3. The van der Waals surface area contributed by atoms with Gasteiger partial charge in [0.2, 0.25) is 5.91 Å². The van der Waals surface area contributed by atoms with Gasteiger partial charge in [-0.15, -0.1) is 0 Å². The number of carbonyl (C=O) groups is 3. The van der Waals surface area contributed by atoms with Crippen molar-refractivity contribution in [2.45, 2.75) is 251 Å². The third-order valence-electron chi connectivity index (χ3n) is 10.6. The molecule has 0 saturated carbocycles. The molecule has 0 aromatic heterocycles. The van der Waals surface area contributed by atoms with E-state index in [1.807, 2.05) is 0 Å². The average molecular weight is 834 g/mol. The zero-order valence-electron chi connectivity index (χ0n) is 36.7. The molecule has 3 unspecified atom stereocenters. The van der Waals surface area contributed by atoms with Crippen LogP contribution in [0, 0.1) is 0 Å². The molecule has 1 amide bonds. The van der Waals surface area contributed by atoms with Gasteiger partial charge in [0.15, 0.2) is 6.04 Å². The largest absolute Gasteiger partial charge is 0.480 e. The number of carboxylic acids is 1. The van der Waals surface area contributed by atoms with E-state index in [1.54, 1.807) is 0 Å². The van der Waals surface area contributed by atoms with Gasteiger partial charge in [0.25, 0.3) is 0 Å². The first-order chi connectivity index (χ1) is 27.6. The summed E-state index contributed by atoms with van der Waals surface area (Å²) in [5.41, 5.74) is 0. The monoisotopic (exact) mass is 834 g/mol. The van der Waals surface area contributed by atoms with Crippen molar-refractivity contribution >= 4 is 25.7 Å². The van der Waals surface area contributed by atoms with Gasteiger partial charge in [0, 0.05) is 12.8 Å². The molecule has 12 heteroatoms. The number of ether oxygens (including phenoxy) is 1. The van der Waals surface area contributed by atoms with Crippen LogP contribution in [0.15, 0.2) is 0 Å². The Kier molecular flexibility index (Phi) is 40.1. The summed E-state index contributed by atoms with van der Waals surface area (Å²) >= 11 is 0. The van der Waals surface area contributed by atoms with Crippen molar-refractivity contribution in [1.29, 1.82) is 0 Å². The van der Waals surface area contributed by atoms with E-state index in [1.165, 1.54) is 161 Å². The van der Waals surface area contributed by atoms with Crippen LogP contribution in [-0.4, -0.2) is 64.9 Å². The number of nitrogens with one attached hydrogen (secondary N) is 1. The summed E-state index contributed by atoms with van der Waals surface area (Å²) in [6, 6.07) is -1.54. The number of hydrogen-bond donors (Lipinski definition) is 4. The molecule has 0 aromatic rings. The maximum absolute atomic E-state index is 12.3. The zero-order valence-corrected chi connectivity index (χ0v) is 37.6. The number of amides is 1. The van der Waals surface area contributed by atoms with Crippen molar-refractivity contribution in [3.63, 3.8) is 0 Å². The molecule has 11 nitrogen and oxygen atoms in total. The van der Waals surface area contributed by atoms with Crippen LogP contribution in [0.3, 0.4) is 0 Å². The molecule has 4 N–H and O–H groups in total. The lowest BCUT2D eigenvalue weighted by molar-refractivity contribution is -0.147. The van der Waals surface area contributed by atoms with Gasteiger partial charge in [0.05, 0.1) is 13.2 Å². The van der Waals surface area contributed by atoms with Gasteiger partial charge >= 0.3 is 19.8 Å². The van der Waals surface area contributed by atoms with Gasteiger partial charge in [-0.2, -0.15) is 0 Å². The number of carboxylic acid groups (broad SMARTS) is 1. The van der Waals surface area contributed by atoms with E-state index in [4.69, 9.17) is 13.8 Å². The molecule has 0 radical (unpaired) electrons. The molecule has 0 saturated heterocycles. The van der Waals surface area contributed by atoms with E-state index in [0.717, 1.165) is 38.5 Å². The first-order valence-electron chi connectivity index (χ1n) is 23.6. The molecule has 3 atom stereocenters. The molecule has 57 heavy (non-hydrogen) atoms. The Morgan fingerprint density at radius 1 is 0.491 bits per heavy atom. The number of hydrogen-bond acceptors (Lipinski definition) is 8. The van der Waals surface area contributed by atoms with Crippen molar-refractivity contribution in [3.8, 4) is 0 Å². The molecule has 0 aromatic carbocycles. The lowest BCUT2D eigenvalue weighted by atomic mass is 10.0. The molecular weight excluding hydrogens is 745 g/mol. The van der Waals surface area contributed by atoms with Crippen LogP contribution in [0.2, 0.25) is 0 Å². The molecule has 0 aliphatic heterocycles. The van der Waals surface area contributed by atoms with Crippen molar-refractivity contribution < 1.29 is 47.8 Å². The number of aliphatic hydroxyl groups is 1. The van der Waals surface area contributed by atoms with Crippen molar-refractivity contribution in [3.05, 3.63) is 0 Å². The Hall–Kier alpha value is -1.52. The Bertz CT molecular complexity index is 984. The highest BCUT2D eigenvalue weighted by molar-refractivity contribution is 7.47. The van der Waals surface area contributed by atoms with Crippen LogP contribution in [-0.2, 0) is 32.7 Å². The number of phosphoric ester groups is 1. The van der Waals surface area contributed by atoms with E-state index in [0.29, 0.717) is 12.8 Å². The van der Waals surface area contributed by atoms with E-state index in [-0.39, 0.29) is 12.8 Å². The van der Waals surface area contributed by atoms with E-state index < -0.39 is 57.6 Å². The van der Waals surface area contributed by atoms with Crippen LogP contribution >= 0.6 is 7.82 Å². The van der Waals surface area contributed by atoms with E-state index >= 15 is 0 Å². The fourth-order valence-electron chi connectivity index (χ4n) is 6.96. The van der Waals surface area contributed by atoms with Crippen LogP contribution < -0.4 is 5.32 Å². The predicted molar refractivity (Wildman–Crippen MR) is 231 cm³/mol. The van der Waals surface area contributed by atoms with Gasteiger partial charge in [-0.05, 0) is 12.8 Å². The summed E-state index contributed by atoms with van der Waals surface area (Å²) in [4.78, 5) is 45.9. The van der Waals surface area contributed by atoms with Gasteiger partial charge in [-0.25, -0.2) is 9.36 Å². The van der Waals surface area contributed by atoms with Crippen molar-refractivity contribution in [2.24, 2.45) is 0 Å². The summed E-state index contributed by atoms with van der Waals surface area (Å²) in [5, 5.41) is 21.8. The number of aliphatic hydroxyl groups excluding tert-OH is 1. The molecule has 0 aliphatic rings. The van der Waals surface area contributed by atoms with Crippen molar-refractivity contribution in [1.82, 2.24) is 5.32 Å². The Morgan fingerprint density at radius 2 is 0.807 bits per heavy atom. The first-order valence-corrected chi connectivity index (χ1v) is 25.1. The number of carbonyl (C=O) groups excluding carboxylic acids is 2. The number of phosphoric acid groups is 1. The first kappa shape index (κ1) is 55.5. The Morgan fingerprint density at radius 3 is 1.16 bits per heavy atom. The fraction of sp³-hybridized carbons (Fsp3) is 0.933. The highest BCUT2D eigenvalue weighted by atomic mass is 31.2. The van der Waals surface area contributed by atoms with Crippen molar-refractivity contribution in [2.75, 3.05) is 19.8 Å². The van der Waals surface area contributed by atoms with Crippen LogP contribution in [0.4, 0.5) is 0 Å². The summed E-state index contributed by atoms with van der Waals surface area (Å²) < 4.78 is 26.8. The Labute approximate surface area is 348 Å². The van der Waals surface area contributed by atoms with E-state index in [9.17, 15) is 34.1 Å². The van der Waals surface area contributed by atoms with Gasteiger partial charge in [0.1, 0.15) is 12.7 Å². The smallest absolute Gasteiger partial charge is 0.472 e. The van der Waals surface area contributed by atoms with Crippen LogP contribution in [0.1, 0.15) is 239 Å². The summed E-state index contributed by atoms with van der Waals surface area (Å²) in [7, 11) is -4.75. The maximum atomic E-state index is 12.3. The SMILES string of the molecule is CCCCCCCCCCCCCCCCCCCCCCCCC(=O)OCC(O)COP(=O)(O)OCC(NC(=O)CCCCCCCCCCCCC)C(=O)O. The number of unbranched alkanes of at least 4 members (excludes halogenated alkanes) is 31.